The SMILES string of the molecule is CN(C)C(=O)COc1ccc(S(=O)(=O)Nc2c(F)cccc2F)cc1. The van der Waals surface area contributed by atoms with Crippen molar-refractivity contribution in [3.05, 3.63) is 54.1 Å². The molecule has 2 rings (SSSR count). The molecule has 1 amide bonds. The molecule has 2 aromatic carbocycles. The lowest BCUT2D eigenvalue weighted by Gasteiger charge is -2.12. The van der Waals surface area contributed by atoms with Gasteiger partial charge < -0.3 is 9.64 Å². The van der Waals surface area contributed by atoms with Crippen molar-refractivity contribution in [3.8, 4) is 5.75 Å². The number of nitrogens with one attached hydrogen (secondary N) is 1. The van der Waals surface area contributed by atoms with Crippen molar-refractivity contribution in [2.24, 2.45) is 0 Å². The summed E-state index contributed by atoms with van der Waals surface area (Å²) in [6.07, 6.45) is 0. The van der Waals surface area contributed by atoms with Crippen LogP contribution in [0.1, 0.15) is 0 Å². The maximum atomic E-state index is 13.6. The van der Waals surface area contributed by atoms with E-state index in [-0.39, 0.29) is 23.2 Å². The van der Waals surface area contributed by atoms with E-state index in [1.165, 1.54) is 29.2 Å². The number of hydrogen-bond acceptors (Lipinski definition) is 4. The number of likely N-dealkylation sites (N-methyl/N-ethyl adjacent to an activating group) is 1. The van der Waals surface area contributed by atoms with Gasteiger partial charge in [-0.3, -0.25) is 9.52 Å². The Morgan fingerprint density at radius 3 is 2.16 bits per heavy atom. The summed E-state index contributed by atoms with van der Waals surface area (Å²) >= 11 is 0. The topological polar surface area (TPSA) is 75.7 Å². The number of amides is 1. The quantitative estimate of drug-likeness (QED) is 0.846. The second kappa shape index (κ2) is 7.47. The van der Waals surface area contributed by atoms with E-state index in [2.05, 4.69) is 0 Å². The normalized spacial score (nSPS) is 11.0. The van der Waals surface area contributed by atoms with Gasteiger partial charge in [0.05, 0.1) is 4.90 Å². The molecule has 6 nitrogen and oxygen atoms in total. The van der Waals surface area contributed by atoms with E-state index in [1.54, 1.807) is 14.1 Å². The number of hydrogen-bond donors (Lipinski definition) is 1. The van der Waals surface area contributed by atoms with Crippen LogP contribution in [0, 0.1) is 11.6 Å². The van der Waals surface area contributed by atoms with E-state index in [0.29, 0.717) is 0 Å². The summed E-state index contributed by atoms with van der Waals surface area (Å²) in [6, 6.07) is 8.11. The van der Waals surface area contributed by atoms with Crippen LogP contribution in [-0.2, 0) is 14.8 Å². The molecule has 0 unspecified atom stereocenters. The van der Waals surface area contributed by atoms with Gasteiger partial charge in [-0.2, -0.15) is 0 Å². The lowest BCUT2D eigenvalue weighted by molar-refractivity contribution is -0.130. The zero-order chi connectivity index (χ0) is 18.6. The minimum absolute atomic E-state index is 0.197. The summed E-state index contributed by atoms with van der Waals surface area (Å²) in [5.41, 5.74) is -0.751. The van der Waals surface area contributed by atoms with E-state index in [0.717, 1.165) is 18.2 Å². The van der Waals surface area contributed by atoms with Gasteiger partial charge in [0, 0.05) is 14.1 Å². The van der Waals surface area contributed by atoms with Gasteiger partial charge in [0.25, 0.3) is 15.9 Å². The Kier molecular flexibility index (Phi) is 5.58. The van der Waals surface area contributed by atoms with Crippen molar-refractivity contribution in [1.82, 2.24) is 4.90 Å². The molecule has 0 atom stereocenters. The molecule has 0 bridgehead atoms. The molecule has 0 radical (unpaired) electrons. The van der Waals surface area contributed by atoms with Gasteiger partial charge >= 0.3 is 0 Å². The van der Waals surface area contributed by atoms with Crippen molar-refractivity contribution >= 4 is 21.6 Å². The van der Waals surface area contributed by atoms with Crippen molar-refractivity contribution in [1.29, 1.82) is 0 Å². The minimum Gasteiger partial charge on any atom is -0.484 e. The molecule has 9 heteroatoms. The number of benzene rings is 2. The van der Waals surface area contributed by atoms with Crippen LogP contribution < -0.4 is 9.46 Å². The molecule has 0 saturated heterocycles. The van der Waals surface area contributed by atoms with Crippen LogP contribution in [0.2, 0.25) is 0 Å². The van der Waals surface area contributed by atoms with Crippen molar-refractivity contribution in [2.45, 2.75) is 4.90 Å². The Labute approximate surface area is 144 Å². The summed E-state index contributed by atoms with van der Waals surface area (Å²) in [7, 11) is -1.02. The Bertz CT molecular complexity index is 848. The summed E-state index contributed by atoms with van der Waals surface area (Å²) in [6.45, 7) is -0.197. The van der Waals surface area contributed by atoms with Crippen LogP contribution in [0.3, 0.4) is 0 Å². The lowest BCUT2D eigenvalue weighted by atomic mass is 10.3. The molecule has 2 aromatic rings. The smallest absolute Gasteiger partial charge is 0.262 e. The highest BCUT2D eigenvalue weighted by Crippen LogP contribution is 2.23. The third-order valence-corrected chi connectivity index (χ3v) is 4.56. The van der Waals surface area contributed by atoms with Gasteiger partial charge in [0.2, 0.25) is 0 Å². The molecule has 0 heterocycles. The molecular formula is C16H16F2N2O4S. The summed E-state index contributed by atoms with van der Waals surface area (Å²) < 4.78 is 58.7. The Morgan fingerprint density at radius 1 is 1.08 bits per heavy atom. The first-order valence-corrected chi connectivity index (χ1v) is 8.59. The van der Waals surface area contributed by atoms with Gasteiger partial charge in [-0.25, -0.2) is 17.2 Å². The second-order valence-electron chi connectivity index (χ2n) is 5.25. The summed E-state index contributed by atoms with van der Waals surface area (Å²) in [4.78, 5) is 12.6. The molecular weight excluding hydrogens is 354 g/mol. The number of nitrogens with zero attached hydrogens (tertiary/aromatic N) is 1. The zero-order valence-corrected chi connectivity index (χ0v) is 14.3. The first kappa shape index (κ1) is 18.7. The Hall–Kier alpha value is -2.68. The van der Waals surface area contributed by atoms with Gasteiger partial charge in [-0.15, -0.1) is 0 Å². The number of carbonyl (C=O) groups excluding carboxylic acids is 1. The van der Waals surface area contributed by atoms with Crippen molar-refractivity contribution < 1.29 is 26.7 Å². The fourth-order valence-corrected chi connectivity index (χ4v) is 2.85. The number of ether oxygens (including phenoxy) is 1. The largest absolute Gasteiger partial charge is 0.484 e. The highest BCUT2D eigenvalue weighted by Gasteiger charge is 2.19. The molecule has 0 spiro atoms. The van der Waals surface area contributed by atoms with Crippen LogP contribution in [-0.4, -0.2) is 39.9 Å². The molecule has 1 N–H and O–H groups in total. The predicted octanol–water partition coefficient (Wildman–Crippen LogP) is 2.23. The van der Waals surface area contributed by atoms with Crippen LogP contribution >= 0.6 is 0 Å². The maximum Gasteiger partial charge on any atom is 0.262 e. The number of rotatable bonds is 6. The van der Waals surface area contributed by atoms with Gasteiger partial charge in [-0.1, -0.05) is 6.07 Å². The van der Waals surface area contributed by atoms with Crippen molar-refractivity contribution in [2.75, 3.05) is 25.4 Å². The van der Waals surface area contributed by atoms with Crippen LogP contribution in [0.15, 0.2) is 47.4 Å². The molecule has 0 aliphatic carbocycles. The molecule has 25 heavy (non-hydrogen) atoms. The highest BCUT2D eigenvalue weighted by molar-refractivity contribution is 7.92. The van der Waals surface area contributed by atoms with E-state index in [4.69, 9.17) is 4.74 Å². The molecule has 0 aliphatic rings. The van der Waals surface area contributed by atoms with E-state index >= 15 is 0 Å². The fourth-order valence-electron chi connectivity index (χ4n) is 1.78. The van der Waals surface area contributed by atoms with E-state index in [9.17, 15) is 22.0 Å². The average Bonchev–Trinajstić information content (AvgIpc) is 2.56. The summed E-state index contributed by atoms with van der Waals surface area (Å²) in [5, 5.41) is 0. The number of para-hydroxylation sites is 1. The van der Waals surface area contributed by atoms with Crippen molar-refractivity contribution in [3.63, 3.8) is 0 Å². The average molecular weight is 370 g/mol. The predicted molar refractivity (Wildman–Crippen MR) is 87.8 cm³/mol. The number of carbonyl (C=O) groups is 1. The van der Waals surface area contributed by atoms with Gasteiger partial charge in [0.1, 0.15) is 23.1 Å². The van der Waals surface area contributed by atoms with Crippen LogP contribution in [0.5, 0.6) is 5.75 Å². The number of halogens is 2. The van der Waals surface area contributed by atoms with Crippen LogP contribution in [0.4, 0.5) is 14.5 Å². The molecule has 0 aliphatic heterocycles. The van der Waals surface area contributed by atoms with Crippen LogP contribution in [0.25, 0.3) is 0 Å². The first-order valence-electron chi connectivity index (χ1n) is 7.10. The zero-order valence-electron chi connectivity index (χ0n) is 13.5. The van der Waals surface area contributed by atoms with E-state index in [1.807, 2.05) is 4.72 Å². The Balaban J connectivity index is 2.14. The Morgan fingerprint density at radius 2 is 1.64 bits per heavy atom. The maximum absolute atomic E-state index is 13.6. The molecule has 0 saturated carbocycles. The first-order chi connectivity index (χ1) is 11.7. The lowest BCUT2D eigenvalue weighted by Crippen LogP contribution is -2.27. The number of anilines is 1. The molecule has 134 valence electrons. The number of sulfonamides is 1. The standard InChI is InChI=1S/C16H16F2N2O4S/c1-20(2)15(21)10-24-11-6-8-12(9-7-11)25(22,23)19-16-13(17)4-3-5-14(16)18/h3-9,19H,10H2,1-2H3. The third kappa shape index (κ3) is 4.66. The highest BCUT2D eigenvalue weighted by atomic mass is 32.2. The third-order valence-electron chi connectivity index (χ3n) is 3.19. The monoisotopic (exact) mass is 370 g/mol. The summed E-state index contributed by atoms with van der Waals surface area (Å²) in [5.74, 6) is -2.02. The molecule has 0 fully saturated rings. The minimum atomic E-state index is -4.18. The van der Waals surface area contributed by atoms with Gasteiger partial charge in [-0.05, 0) is 36.4 Å². The van der Waals surface area contributed by atoms with E-state index < -0.39 is 27.3 Å². The second-order valence-corrected chi connectivity index (χ2v) is 6.93. The molecule has 0 aromatic heterocycles. The fraction of sp³-hybridized carbons (Fsp3) is 0.188. The van der Waals surface area contributed by atoms with Gasteiger partial charge in [0.15, 0.2) is 6.61 Å².